The molecule has 0 aromatic rings. The van der Waals surface area contributed by atoms with E-state index in [0.29, 0.717) is 5.33 Å². The van der Waals surface area contributed by atoms with Gasteiger partial charge < -0.3 is 9.84 Å². The Labute approximate surface area is 88.0 Å². The van der Waals surface area contributed by atoms with Gasteiger partial charge in [-0.25, -0.2) is 0 Å². The molecule has 1 heterocycles. The molecule has 1 aliphatic rings. The first-order chi connectivity index (χ1) is 6.03. The number of rotatable bonds is 4. The van der Waals surface area contributed by atoms with Crippen molar-refractivity contribution in [1.82, 2.24) is 5.32 Å². The Bertz CT molecular complexity index is 164. The summed E-state index contributed by atoms with van der Waals surface area (Å²) in [4.78, 5) is 0. The van der Waals surface area contributed by atoms with Crippen LogP contribution in [0.2, 0.25) is 0 Å². The first kappa shape index (κ1) is 11.4. The van der Waals surface area contributed by atoms with Gasteiger partial charge in [-0.05, 0) is 26.7 Å². The highest BCUT2D eigenvalue weighted by Gasteiger charge is 2.31. The molecule has 3 nitrogen and oxygen atoms in total. The van der Waals surface area contributed by atoms with E-state index in [9.17, 15) is 5.11 Å². The zero-order chi connectivity index (χ0) is 9.90. The Balaban J connectivity index is 2.17. The van der Waals surface area contributed by atoms with Crippen molar-refractivity contribution in [3.63, 3.8) is 0 Å². The molecule has 1 saturated heterocycles. The number of nitrogens with one attached hydrogen (secondary N) is 1. The molecule has 0 aromatic heterocycles. The van der Waals surface area contributed by atoms with Crippen LogP contribution in [0.4, 0.5) is 0 Å². The van der Waals surface area contributed by atoms with E-state index in [1.165, 1.54) is 0 Å². The van der Waals surface area contributed by atoms with Gasteiger partial charge in [0.25, 0.3) is 0 Å². The summed E-state index contributed by atoms with van der Waals surface area (Å²) >= 11 is 3.19. The lowest BCUT2D eigenvalue weighted by Crippen LogP contribution is -2.37. The molecule has 4 heteroatoms. The van der Waals surface area contributed by atoms with Gasteiger partial charge in [-0.1, -0.05) is 15.9 Å². The molecule has 1 fully saturated rings. The van der Waals surface area contributed by atoms with Crippen LogP contribution in [0, 0.1) is 0 Å². The molecule has 0 bridgehead atoms. The fraction of sp³-hybridized carbons (Fsp3) is 1.00. The number of halogens is 1. The normalized spacial score (nSPS) is 29.1. The maximum Gasteiger partial charge on any atom is 0.114 e. The molecule has 0 aliphatic carbocycles. The van der Waals surface area contributed by atoms with E-state index in [2.05, 4.69) is 35.1 Å². The van der Waals surface area contributed by atoms with Gasteiger partial charge in [0.05, 0.1) is 11.7 Å². The van der Waals surface area contributed by atoms with Gasteiger partial charge in [0.15, 0.2) is 0 Å². The molecule has 0 spiro atoms. The van der Waals surface area contributed by atoms with Crippen molar-refractivity contribution in [3.05, 3.63) is 0 Å². The number of aliphatic hydroxyl groups excluding tert-OH is 1. The largest absolute Gasteiger partial charge is 0.378 e. The number of aliphatic hydroxyl groups is 1. The molecule has 2 atom stereocenters. The summed E-state index contributed by atoms with van der Waals surface area (Å²) in [5.74, 6) is 0. The number of hydrogen-bond acceptors (Lipinski definition) is 3. The van der Waals surface area contributed by atoms with Crippen LogP contribution in [0.1, 0.15) is 26.7 Å². The molecule has 0 saturated carbocycles. The van der Waals surface area contributed by atoms with E-state index in [1.54, 1.807) is 0 Å². The average molecular weight is 252 g/mol. The summed E-state index contributed by atoms with van der Waals surface area (Å²) in [7, 11) is 0. The lowest BCUT2D eigenvalue weighted by atomic mass is 10.1. The molecule has 1 rings (SSSR count). The van der Waals surface area contributed by atoms with Gasteiger partial charge in [0.1, 0.15) is 6.23 Å². The minimum Gasteiger partial charge on any atom is -0.378 e. The summed E-state index contributed by atoms with van der Waals surface area (Å²) in [6, 6.07) is 0. The molecule has 0 radical (unpaired) electrons. The van der Waals surface area contributed by atoms with Crippen molar-refractivity contribution in [3.8, 4) is 0 Å². The molecular weight excluding hydrogens is 234 g/mol. The Morgan fingerprint density at radius 3 is 2.85 bits per heavy atom. The van der Waals surface area contributed by atoms with E-state index in [1.807, 2.05) is 0 Å². The van der Waals surface area contributed by atoms with Crippen molar-refractivity contribution in [2.75, 3.05) is 11.9 Å². The van der Waals surface area contributed by atoms with Crippen LogP contribution < -0.4 is 5.32 Å². The first-order valence-corrected chi connectivity index (χ1v) is 5.81. The molecular formula is C9H18BrNO2. The summed E-state index contributed by atoms with van der Waals surface area (Å²) in [5, 5.41) is 12.8. The number of hydrogen-bond donors (Lipinski definition) is 2. The first-order valence-electron chi connectivity index (χ1n) is 4.69. The Morgan fingerprint density at radius 2 is 2.38 bits per heavy atom. The summed E-state index contributed by atoms with van der Waals surface area (Å²) in [5.41, 5.74) is 0.0195. The number of ether oxygens (including phenoxy) is 1. The second-order valence-electron chi connectivity index (χ2n) is 4.12. The standard InChI is InChI=1S/C9H18BrNO2/c1-9(2)4-3-7(13-9)6-11-8(12)5-10/h7-8,11-12H,3-6H2,1-2H3. The quantitative estimate of drug-likeness (QED) is 0.584. The van der Waals surface area contributed by atoms with Gasteiger partial charge in [-0.15, -0.1) is 0 Å². The van der Waals surface area contributed by atoms with Crippen LogP contribution in [-0.2, 0) is 4.74 Å². The third kappa shape index (κ3) is 3.94. The fourth-order valence-corrected chi connectivity index (χ4v) is 1.77. The van der Waals surface area contributed by atoms with Crippen molar-refractivity contribution in [2.45, 2.75) is 44.6 Å². The highest BCUT2D eigenvalue weighted by molar-refractivity contribution is 9.09. The average Bonchev–Trinajstić information content (AvgIpc) is 2.41. The van der Waals surface area contributed by atoms with Crippen LogP contribution in [-0.4, -0.2) is 34.9 Å². The van der Waals surface area contributed by atoms with Crippen molar-refractivity contribution in [1.29, 1.82) is 0 Å². The van der Waals surface area contributed by atoms with Crippen molar-refractivity contribution < 1.29 is 9.84 Å². The molecule has 78 valence electrons. The molecule has 0 amide bonds. The van der Waals surface area contributed by atoms with Crippen LogP contribution in [0.15, 0.2) is 0 Å². The van der Waals surface area contributed by atoms with Gasteiger partial charge in [0.2, 0.25) is 0 Å². The minimum absolute atomic E-state index is 0.0195. The number of alkyl halides is 1. The van der Waals surface area contributed by atoms with Gasteiger partial charge in [-0.2, -0.15) is 0 Å². The molecule has 2 N–H and O–H groups in total. The zero-order valence-corrected chi connectivity index (χ0v) is 9.80. The van der Waals surface area contributed by atoms with Crippen LogP contribution >= 0.6 is 15.9 Å². The third-order valence-corrected chi connectivity index (χ3v) is 2.89. The Hall–Kier alpha value is 0.360. The summed E-state index contributed by atoms with van der Waals surface area (Å²) in [6.07, 6.45) is 1.97. The lowest BCUT2D eigenvalue weighted by molar-refractivity contribution is -0.0191. The van der Waals surface area contributed by atoms with Crippen molar-refractivity contribution in [2.24, 2.45) is 0 Å². The van der Waals surface area contributed by atoms with Gasteiger partial charge >= 0.3 is 0 Å². The summed E-state index contributed by atoms with van der Waals surface area (Å²) < 4.78 is 5.75. The Morgan fingerprint density at radius 1 is 1.69 bits per heavy atom. The predicted molar refractivity (Wildman–Crippen MR) is 56.0 cm³/mol. The lowest BCUT2D eigenvalue weighted by Gasteiger charge is -2.20. The zero-order valence-electron chi connectivity index (χ0n) is 8.22. The topological polar surface area (TPSA) is 41.5 Å². The maximum atomic E-state index is 9.23. The van der Waals surface area contributed by atoms with E-state index in [0.717, 1.165) is 19.4 Å². The highest BCUT2D eigenvalue weighted by Crippen LogP contribution is 2.28. The van der Waals surface area contributed by atoms with Crippen molar-refractivity contribution >= 4 is 15.9 Å². The van der Waals surface area contributed by atoms with E-state index < -0.39 is 6.23 Å². The molecule has 1 aliphatic heterocycles. The predicted octanol–water partition coefficient (Wildman–Crippen LogP) is 1.25. The SMILES string of the molecule is CC1(C)CCC(CNC(O)CBr)O1. The maximum absolute atomic E-state index is 9.23. The highest BCUT2D eigenvalue weighted by atomic mass is 79.9. The monoisotopic (exact) mass is 251 g/mol. The molecule has 0 aromatic carbocycles. The smallest absolute Gasteiger partial charge is 0.114 e. The van der Waals surface area contributed by atoms with E-state index in [-0.39, 0.29) is 11.7 Å². The van der Waals surface area contributed by atoms with Crippen LogP contribution in [0.3, 0.4) is 0 Å². The molecule has 13 heavy (non-hydrogen) atoms. The van der Waals surface area contributed by atoms with E-state index >= 15 is 0 Å². The third-order valence-electron chi connectivity index (χ3n) is 2.28. The Kier molecular flexibility index (Phi) is 4.16. The van der Waals surface area contributed by atoms with Gasteiger partial charge in [-0.3, -0.25) is 5.32 Å². The van der Waals surface area contributed by atoms with Gasteiger partial charge in [0, 0.05) is 11.9 Å². The minimum atomic E-state index is -0.465. The fourth-order valence-electron chi connectivity index (χ4n) is 1.54. The van der Waals surface area contributed by atoms with Crippen LogP contribution in [0.25, 0.3) is 0 Å². The second kappa shape index (κ2) is 4.73. The molecule has 2 unspecified atom stereocenters. The second-order valence-corrected chi connectivity index (χ2v) is 4.76. The van der Waals surface area contributed by atoms with E-state index in [4.69, 9.17) is 4.74 Å². The van der Waals surface area contributed by atoms with Crippen LogP contribution in [0.5, 0.6) is 0 Å². The summed E-state index contributed by atoms with van der Waals surface area (Å²) in [6.45, 7) is 4.94.